The van der Waals surface area contributed by atoms with Gasteiger partial charge in [0, 0.05) is 22.7 Å². The Morgan fingerprint density at radius 3 is 2.33 bits per heavy atom. The van der Waals surface area contributed by atoms with E-state index in [9.17, 15) is 0 Å². The lowest BCUT2D eigenvalue weighted by atomic mass is 10.1. The average molecular weight is 280 g/mol. The van der Waals surface area contributed by atoms with Crippen LogP contribution in [0.1, 0.15) is 0 Å². The Bertz CT molecular complexity index is 783. The molecule has 0 aliphatic rings. The number of rotatable bonds is 3. The molecule has 1 aromatic heterocycles. The standard InChI is InChI=1S/C17H16N2O2/c1-20-13-6-3-11(4-7-13)16-10-17(21-2)14-9-12(18)5-8-15(14)19-16/h3-10H,18H2,1-2H3. The fourth-order valence-corrected chi connectivity index (χ4v) is 2.29. The lowest BCUT2D eigenvalue weighted by molar-refractivity contribution is 0.415. The number of benzene rings is 2. The Balaban J connectivity index is 2.16. The fraction of sp³-hybridized carbons (Fsp3) is 0.118. The highest BCUT2D eigenvalue weighted by Gasteiger charge is 2.08. The normalized spacial score (nSPS) is 10.6. The third kappa shape index (κ3) is 2.48. The van der Waals surface area contributed by atoms with E-state index in [2.05, 4.69) is 4.98 Å². The summed E-state index contributed by atoms with van der Waals surface area (Å²) >= 11 is 0. The lowest BCUT2D eigenvalue weighted by Crippen LogP contribution is -1.93. The zero-order valence-corrected chi connectivity index (χ0v) is 12.0. The van der Waals surface area contributed by atoms with Gasteiger partial charge in [0.05, 0.1) is 25.4 Å². The molecule has 2 N–H and O–H groups in total. The third-order valence-corrected chi connectivity index (χ3v) is 3.40. The Morgan fingerprint density at radius 2 is 1.67 bits per heavy atom. The second kappa shape index (κ2) is 5.32. The molecule has 4 heteroatoms. The number of nitrogens with two attached hydrogens (primary N) is 1. The molecule has 3 aromatic rings. The molecule has 0 amide bonds. The molecule has 0 spiro atoms. The van der Waals surface area contributed by atoms with Crippen molar-refractivity contribution in [3.8, 4) is 22.8 Å². The van der Waals surface area contributed by atoms with E-state index in [4.69, 9.17) is 15.2 Å². The molecule has 0 radical (unpaired) electrons. The van der Waals surface area contributed by atoms with Gasteiger partial charge in [-0.3, -0.25) is 0 Å². The number of nitrogen functional groups attached to an aromatic ring is 1. The number of pyridine rings is 1. The highest BCUT2D eigenvalue weighted by molar-refractivity contribution is 5.90. The summed E-state index contributed by atoms with van der Waals surface area (Å²) in [4.78, 5) is 4.67. The minimum absolute atomic E-state index is 0.694. The topological polar surface area (TPSA) is 57.4 Å². The van der Waals surface area contributed by atoms with Crippen molar-refractivity contribution < 1.29 is 9.47 Å². The van der Waals surface area contributed by atoms with Crippen LogP contribution < -0.4 is 15.2 Å². The summed E-state index contributed by atoms with van der Waals surface area (Å²) in [6, 6.07) is 15.3. The van der Waals surface area contributed by atoms with Crippen molar-refractivity contribution in [2.75, 3.05) is 20.0 Å². The van der Waals surface area contributed by atoms with E-state index in [1.807, 2.05) is 48.5 Å². The zero-order chi connectivity index (χ0) is 14.8. The van der Waals surface area contributed by atoms with Gasteiger partial charge in [-0.2, -0.15) is 0 Å². The molecule has 0 aliphatic carbocycles. The first-order valence-electron chi connectivity index (χ1n) is 6.60. The Hall–Kier alpha value is -2.75. The first-order chi connectivity index (χ1) is 10.2. The molecule has 3 rings (SSSR count). The summed E-state index contributed by atoms with van der Waals surface area (Å²) in [7, 11) is 3.30. The predicted octanol–water partition coefficient (Wildman–Crippen LogP) is 3.50. The molecule has 1 heterocycles. The van der Waals surface area contributed by atoms with Gasteiger partial charge < -0.3 is 15.2 Å². The molecule has 0 saturated heterocycles. The van der Waals surface area contributed by atoms with Gasteiger partial charge in [0.1, 0.15) is 11.5 Å². The van der Waals surface area contributed by atoms with Crippen LogP contribution in [-0.2, 0) is 0 Å². The number of aromatic nitrogens is 1. The first-order valence-corrected chi connectivity index (χ1v) is 6.60. The van der Waals surface area contributed by atoms with Gasteiger partial charge in [-0.25, -0.2) is 4.98 Å². The van der Waals surface area contributed by atoms with Crippen LogP contribution in [0.4, 0.5) is 5.69 Å². The molecular weight excluding hydrogens is 264 g/mol. The number of anilines is 1. The second-order valence-corrected chi connectivity index (χ2v) is 4.71. The lowest BCUT2D eigenvalue weighted by Gasteiger charge is -2.10. The van der Waals surface area contributed by atoms with Crippen LogP contribution in [0.25, 0.3) is 22.2 Å². The fourth-order valence-electron chi connectivity index (χ4n) is 2.29. The van der Waals surface area contributed by atoms with Gasteiger partial charge in [-0.15, -0.1) is 0 Å². The summed E-state index contributed by atoms with van der Waals surface area (Å²) in [5.74, 6) is 1.58. The van der Waals surface area contributed by atoms with Crippen molar-refractivity contribution in [3.05, 3.63) is 48.5 Å². The van der Waals surface area contributed by atoms with Gasteiger partial charge in [0.2, 0.25) is 0 Å². The SMILES string of the molecule is COc1ccc(-c2cc(OC)c3cc(N)ccc3n2)cc1. The maximum atomic E-state index is 5.83. The highest BCUT2D eigenvalue weighted by atomic mass is 16.5. The van der Waals surface area contributed by atoms with E-state index in [0.717, 1.165) is 33.7 Å². The van der Waals surface area contributed by atoms with Crippen molar-refractivity contribution >= 4 is 16.6 Å². The predicted molar refractivity (Wildman–Crippen MR) is 84.7 cm³/mol. The van der Waals surface area contributed by atoms with E-state index in [0.29, 0.717) is 5.69 Å². The maximum Gasteiger partial charge on any atom is 0.130 e. The van der Waals surface area contributed by atoms with Gasteiger partial charge in [0.15, 0.2) is 0 Å². The van der Waals surface area contributed by atoms with E-state index in [1.54, 1.807) is 14.2 Å². The van der Waals surface area contributed by atoms with Gasteiger partial charge in [-0.1, -0.05) is 0 Å². The van der Waals surface area contributed by atoms with Crippen LogP contribution in [0.5, 0.6) is 11.5 Å². The first kappa shape index (κ1) is 13.2. The number of ether oxygens (including phenoxy) is 2. The van der Waals surface area contributed by atoms with Crippen molar-refractivity contribution in [2.24, 2.45) is 0 Å². The van der Waals surface area contributed by atoms with E-state index in [-0.39, 0.29) is 0 Å². The van der Waals surface area contributed by atoms with Crippen LogP contribution in [-0.4, -0.2) is 19.2 Å². The molecule has 2 aromatic carbocycles. The molecule has 0 atom stereocenters. The molecule has 106 valence electrons. The van der Waals surface area contributed by atoms with Crippen LogP contribution in [0.2, 0.25) is 0 Å². The van der Waals surface area contributed by atoms with E-state index >= 15 is 0 Å². The van der Waals surface area contributed by atoms with Crippen LogP contribution in [0.3, 0.4) is 0 Å². The molecule has 0 unspecified atom stereocenters. The van der Waals surface area contributed by atoms with E-state index < -0.39 is 0 Å². The van der Waals surface area contributed by atoms with Crippen LogP contribution >= 0.6 is 0 Å². The molecule has 4 nitrogen and oxygen atoms in total. The van der Waals surface area contributed by atoms with Crippen molar-refractivity contribution in [1.82, 2.24) is 4.98 Å². The molecule has 21 heavy (non-hydrogen) atoms. The molecule has 0 bridgehead atoms. The van der Waals surface area contributed by atoms with Crippen molar-refractivity contribution in [1.29, 1.82) is 0 Å². The zero-order valence-electron chi connectivity index (χ0n) is 12.0. The smallest absolute Gasteiger partial charge is 0.130 e. The van der Waals surface area contributed by atoms with E-state index in [1.165, 1.54) is 0 Å². The highest BCUT2D eigenvalue weighted by Crippen LogP contribution is 2.31. The molecule has 0 fully saturated rings. The second-order valence-electron chi connectivity index (χ2n) is 4.71. The minimum atomic E-state index is 0.694. The molecule has 0 aliphatic heterocycles. The monoisotopic (exact) mass is 280 g/mol. The van der Waals surface area contributed by atoms with Crippen molar-refractivity contribution in [3.63, 3.8) is 0 Å². The van der Waals surface area contributed by atoms with Gasteiger partial charge in [-0.05, 0) is 42.5 Å². The molecule has 0 saturated carbocycles. The summed E-state index contributed by atoms with van der Waals surface area (Å²) < 4.78 is 10.6. The minimum Gasteiger partial charge on any atom is -0.497 e. The van der Waals surface area contributed by atoms with Crippen molar-refractivity contribution in [2.45, 2.75) is 0 Å². The number of methoxy groups -OCH3 is 2. The number of hydrogen-bond donors (Lipinski definition) is 1. The summed E-state index contributed by atoms with van der Waals surface area (Å²) in [6.07, 6.45) is 0. The Kier molecular flexibility index (Phi) is 3.36. The summed E-state index contributed by atoms with van der Waals surface area (Å²) in [5, 5.41) is 0.912. The van der Waals surface area contributed by atoms with Gasteiger partial charge >= 0.3 is 0 Å². The molecular formula is C17H16N2O2. The number of nitrogens with zero attached hydrogens (tertiary/aromatic N) is 1. The van der Waals surface area contributed by atoms with Crippen LogP contribution in [0.15, 0.2) is 48.5 Å². The quantitative estimate of drug-likeness (QED) is 0.746. The Labute approximate surface area is 123 Å². The number of hydrogen-bond acceptors (Lipinski definition) is 4. The van der Waals surface area contributed by atoms with Gasteiger partial charge in [0.25, 0.3) is 0 Å². The summed E-state index contributed by atoms with van der Waals surface area (Å²) in [6.45, 7) is 0. The Morgan fingerprint density at radius 1 is 0.905 bits per heavy atom. The largest absolute Gasteiger partial charge is 0.497 e. The van der Waals surface area contributed by atoms with Crippen LogP contribution in [0, 0.1) is 0 Å². The average Bonchev–Trinajstić information content (AvgIpc) is 2.54. The maximum absolute atomic E-state index is 5.83. The number of fused-ring (bicyclic) bond motifs is 1. The summed E-state index contributed by atoms with van der Waals surface area (Å²) in [5.41, 5.74) is 9.24. The third-order valence-electron chi connectivity index (χ3n) is 3.40.